The first-order valence-corrected chi connectivity index (χ1v) is 22.6. The van der Waals surface area contributed by atoms with Gasteiger partial charge in [0, 0.05) is 51.7 Å². The van der Waals surface area contributed by atoms with E-state index in [2.05, 4.69) is 182 Å². The van der Waals surface area contributed by atoms with Crippen molar-refractivity contribution in [1.29, 1.82) is 0 Å². The fraction of sp³-hybridized carbons (Fsp3) is 0.0417. The highest BCUT2D eigenvalue weighted by molar-refractivity contribution is 7.26. The van der Waals surface area contributed by atoms with Crippen LogP contribution in [0.15, 0.2) is 164 Å². The first-order valence-electron chi connectivity index (χ1n) is 17.9. The lowest BCUT2D eigenvalue weighted by Crippen LogP contribution is -2.49. The maximum absolute atomic E-state index is 2.54. The Bertz CT molecular complexity index is 3080. The second-order valence-corrected chi connectivity index (χ2v) is 21.0. The maximum atomic E-state index is 2.54. The molecule has 1 nitrogen and oxygen atoms in total. The summed E-state index contributed by atoms with van der Waals surface area (Å²) in [7, 11) is -2.03. The van der Waals surface area contributed by atoms with Gasteiger partial charge in [-0.3, -0.25) is 0 Å². The Morgan fingerprint density at radius 2 is 1.10 bits per heavy atom. The molecule has 3 heterocycles. The van der Waals surface area contributed by atoms with Crippen molar-refractivity contribution < 1.29 is 0 Å². The highest BCUT2D eigenvalue weighted by atomic mass is 32.1. The van der Waals surface area contributed by atoms with E-state index in [9.17, 15) is 0 Å². The van der Waals surface area contributed by atoms with Crippen LogP contribution >= 0.6 is 22.7 Å². The van der Waals surface area contributed by atoms with Gasteiger partial charge in [-0.25, -0.2) is 0 Å². The lowest BCUT2D eigenvalue weighted by atomic mass is 9.98. The minimum absolute atomic E-state index is 1.16. The molecule has 1 aliphatic heterocycles. The standard InChI is InChI=1S/C48H33NS2Si/c1-52(2)44-26-25-43-47(37-16-6-8-19-41(37)51-43)48(44)38-24-23-35(29-45(38)52)49(39-17-10-20-42-46(39)36-15-5-7-18-40(36)50-42)34-14-9-13-32(28-34)33-22-21-30-11-3-4-12-31(30)27-33/h3-29H,1-2H3. The second-order valence-electron chi connectivity index (χ2n) is 14.5. The Morgan fingerprint density at radius 1 is 0.442 bits per heavy atom. The lowest BCUT2D eigenvalue weighted by Gasteiger charge is -2.29. The van der Waals surface area contributed by atoms with Crippen molar-refractivity contribution in [3.05, 3.63) is 164 Å². The van der Waals surface area contributed by atoms with E-state index in [1.54, 1.807) is 5.19 Å². The van der Waals surface area contributed by atoms with Crippen LogP contribution in [0.1, 0.15) is 0 Å². The fourth-order valence-electron chi connectivity index (χ4n) is 8.73. The smallest absolute Gasteiger partial charge is 0.113 e. The largest absolute Gasteiger partial charge is 0.310 e. The third-order valence-corrected chi connectivity index (χ3v) is 17.0. The average molecular weight is 716 g/mol. The van der Waals surface area contributed by atoms with Crippen molar-refractivity contribution in [1.82, 2.24) is 0 Å². The molecular weight excluding hydrogens is 683 g/mol. The normalized spacial score (nSPS) is 13.3. The zero-order valence-electron chi connectivity index (χ0n) is 28.9. The highest BCUT2D eigenvalue weighted by Crippen LogP contribution is 2.47. The van der Waals surface area contributed by atoms with Crippen LogP contribution in [0.25, 0.3) is 73.4 Å². The van der Waals surface area contributed by atoms with Crippen LogP contribution < -0.4 is 15.3 Å². The van der Waals surface area contributed by atoms with Gasteiger partial charge < -0.3 is 4.90 Å². The maximum Gasteiger partial charge on any atom is 0.113 e. The molecule has 0 saturated heterocycles. The van der Waals surface area contributed by atoms with Gasteiger partial charge in [-0.1, -0.05) is 116 Å². The Kier molecular flexibility index (Phi) is 6.51. The summed E-state index contributed by atoms with van der Waals surface area (Å²) in [6.07, 6.45) is 0. The molecule has 0 bridgehead atoms. The Morgan fingerprint density at radius 3 is 1.92 bits per heavy atom. The molecule has 0 amide bonds. The summed E-state index contributed by atoms with van der Waals surface area (Å²) < 4.78 is 5.37. The molecule has 2 aromatic heterocycles. The van der Waals surface area contributed by atoms with Crippen molar-refractivity contribution in [3.63, 3.8) is 0 Å². The molecule has 8 aromatic carbocycles. The van der Waals surface area contributed by atoms with Gasteiger partial charge in [-0.15, -0.1) is 22.7 Å². The molecule has 4 heteroatoms. The molecule has 52 heavy (non-hydrogen) atoms. The molecule has 0 unspecified atom stereocenters. The van der Waals surface area contributed by atoms with Gasteiger partial charge in [-0.05, 0) is 104 Å². The Labute approximate surface area is 311 Å². The Hall–Kier alpha value is -5.52. The van der Waals surface area contributed by atoms with Crippen molar-refractivity contribution in [2.45, 2.75) is 13.1 Å². The van der Waals surface area contributed by atoms with E-state index < -0.39 is 8.07 Å². The second kappa shape index (κ2) is 11.2. The first kappa shape index (κ1) is 30.1. The van der Waals surface area contributed by atoms with Gasteiger partial charge in [0.25, 0.3) is 0 Å². The summed E-state index contributed by atoms with van der Waals surface area (Å²) in [5, 5.41) is 11.0. The SMILES string of the molecule is C[Si]1(C)c2cc(N(c3cccc(-c4ccc5ccccc5c4)c3)c3cccc4sc5ccccc5c34)ccc2-c2c1ccc1sc3ccccc3c21. The summed E-state index contributed by atoms with van der Waals surface area (Å²) in [6.45, 7) is 5.08. The van der Waals surface area contributed by atoms with Gasteiger partial charge in [0.2, 0.25) is 0 Å². The molecule has 0 fully saturated rings. The monoisotopic (exact) mass is 715 g/mol. The zero-order valence-corrected chi connectivity index (χ0v) is 31.5. The third kappa shape index (κ3) is 4.38. The summed E-state index contributed by atoms with van der Waals surface area (Å²) in [4.78, 5) is 2.52. The molecule has 1 aliphatic rings. The Balaban J connectivity index is 1.15. The number of benzene rings is 8. The van der Waals surface area contributed by atoms with E-state index in [0.717, 1.165) is 5.69 Å². The predicted octanol–water partition coefficient (Wildman–Crippen LogP) is 13.5. The molecule has 0 radical (unpaired) electrons. The number of rotatable bonds is 4. The molecule has 0 N–H and O–H groups in total. The van der Waals surface area contributed by atoms with Gasteiger partial charge in [0.15, 0.2) is 0 Å². The minimum atomic E-state index is -2.03. The number of thiophene rings is 2. The van der Waals surface area contributed by atoms with E-state index in [4.69, 9.17) is 0 Å². The summed E-state index contributed by atoms with van der Waals surface area (Å²) >= 11 is 3.80. The predicted molar refractivity (Wildman–Crippen MR) is 232 cm³/mol. The van der Waals surface area contributed by atoms with Crippen LogP contribution in [-0.4, -0.2) is 8.07 Å². The third-order valence-electron chi connectivity index (χ3n) is 11.2. The van der Waals surface area contributed by atoms with E-state index in [0.29, 0.717) is 0 Å². The lowest BCUT2D eigenvalue weighted by molar-refractivity contribution is 1.30. The molecule has 10 aromatic rings. The zero-order chi connectivity index (χ0) is 34.6. The quantitative estimate of drug-likeness (QED) is 0.164. The van der Waals surface area contributed by atoms with Crippen LogP contribution in [0, 0.1) is 0 Å². The number of hydrogen-bond acceptors (Lipinski definition) is 3. The summed E-state index contributed by atoms with van der Waals surface area (Å²) in [6, 6.07) is 61.4. The number of nitrogens with zero attached hydrogens (tertiary/aromatic N) is 1. The van der Waals surface area contributed by atoms with Gasteiger partial charge in [-0.2, -0.15) is 0 Å². The van der Waals surface area contributed by atoms with Crippen molar-refractivity contribution >= 4 is 109 Å². The van der Waals surface area contributed by atoms with Crippen LogP contribution in [0.5, 0.6) is 0 Å². The number of fused-ring (bicyclic) bond motifs is 11. The summed E-state index contributed by atoms with van der Waals surface area (Å²) in [5.74, 6) is 0. The van der Waals surface area contributed by atoms with Crippen molar-refractivity contribution in [2.24, 2.45) is 0 Å². The first-order chi connectivity index (χ1) is 25.5. The molecule has 0 atom stereocenters. The van der Waals surface area contributed by atoms with Crippen LogP contribution in [0.4, 0.5) is 17.1 Å². The van der Waals surface area contributed by atoms with Gasteiger partial charge in [0.05, 0.1) is 5.69 Å². The summed E-state index contributed by atoms with van der Waals surface area (Å²) in [5.41, 5.74) is 8.89. The molecule has 0 spiro atoms. The van der Waals surface area contributed by atoms with E-state index >= 15 is 0 Å². The fourth-order valence-corrected chi connectivity index (χ4v) is 14.0. The van der Waals surface area contributed by atoms with E-state index in [1.807, 2.05) is 22.7 Å². The molecule has 246 valence electrons. The van der Waals surface area contributed by atoms with Gasteiger partial charge >= 0.3 is 0 Å². The molecule has 0 saturated carbocycles. The van der Waals surface area contributed by atoms with Crippen LogP contribution in [0.3, 0.4) is 0 Å². The number of anilines is 3. The molecule has 0 aliphatic carbocycles. The van der Waals surface area contributed by atoms with Crippen LogP contribution in [-0.2, 0) is 0 Å². The van der Waals surface area contributed by atoms with Crippen molar-refractivity contribution in [3.8, 4) is 22.3 Å². The van der Waals surface area contributed by atoms with Crippen LogP contribution in [0.2, 0.25) is 13.1 Å². The highest BCUT2D eigenvalue weighted by Gasteiger charge is 2.39. The molecular formula is C48H33NS2Si. The van der Waals surface area contributed by atoms with Crippen molar-refractivity contribution in [2.75, 3.05) is 4.90 Å². The van der Waals surface area contributed by atoms with E-state index in [-0.39, 0.29) is 0 Å². The minimum Gasteiger partial charge on any atom is -0.310 e. The average Bonchev–Trinajstić information content (AvgIpc) is 3.83. The number of hydrogen-bond donors (Lipinski definition) is 0. The van der Waals surface area contributed by atoms with E-state index in [1.165, 1.54) is 89.9 Å². The topological polar surface area (TPSA) is 3.24 Å². The molecule has 11 rings (SSSR count). The van der Waals surface area contributed by atoms with Gasteiger partial charge in [0.1, 0.15) is 8.07 Å².